The van der Waals surface area contributed by atoms with E-state index in [0.29, 0.717) is 47.4 Å². The number of β-amino-alcohol motifs (C(OH)–C–C–N with tert-alkyl or cyclic N) is 1. The van der Waals surface area contributed by atoms with Gasteiger partial charge in [0.2, 0.25) is 5.91 Å². The summed E-state index contributed by atoms with van der Waals surface area (Å²) in [6.07, 6.45) is 7.20. The molecule has 2 aromatic carbocycles. The number of piperidine rings is 1. The molecule has 4 aromatic rings. The summed E-state index contributed by atoms with van der Waals surface area (Å²) in [6.45, 7) is 3.05. The van der Waals surface area contributed by atoms with Gasteiger partial charge in [-0.25, -0.2) is 14.4 Å². The molecule has 2 aromatic heterocycles. The second kappa shape index (κ2) is 12.7. The number of anilines is 3. The van der Waals surface area contributed by atoms with E-state index >= 15 is 0 Å². The Morgan fingerprint density at radius 3 is 2.92 bits per heavy atom. The van der Waals surface area contributed by atoms with Gasteiger partial charge in [0.1, 0.15) is 24.5 Å². The van der Waals surface area contributed by atoms with Crippen molar-refractivity contribution in [1.29, 1.82) is 0 Å². The van der Waals surface area contributed by atoms with Crippen molar-refractivity contribution >= 4 is 34.0 Å². The largest absolute Gasteiger partial charge is 0.493 e. The summed E-state index contributed by atoms with van der Waals surface area (Å²) in [5.74, 6) is 0.935. The SMILES string of the molecule is COc1cc2c(Nc3cnn(CC(=O)Nc4cccc(F)c4)c3)ncnc2cc1OCCCN1CCCC(O)C1. The maximum absolute atomic E-state index is 13.4. The Hall–Kier alpha value is -4.29. The number of aliphatic hydroxyl groups excluding tert-OH is 1. The fraction of sp³-hybridized carbons (Fsp3) is 0.357. The lowest BCUT2D eigenvalue weighted by molar-refractivity contribution is -0.116. The highest BCUT2D eigenvalue weighted by Gasteiger charge is 2.17. The van der Waals surface area contributed by atoms with Gasteiger partial charge in [-0.05, 0) is 50.1 Å². The minimum absolute atomic E-state index is 0.0461. The Morgan fingerprint density at radius 2 is 2.10 bits per heavy atom. The highest BCUT2D eigenvalue weighted by Crippen LogP contribution is 2.34. The van der Waals surface area contributed by atoms with Crippen LogP contribution in [-0.4, -0.2) is 75.1 Å². The van der Waals surface area contributed by atoms with Crippen LogP contribution in [0.1, 0.15) is 19.3 Å². The topological polar surface area (TPSA) is 127 Å². The van der Waals surface area contributed by atoms with E-state index in [1.807, 2.05) is 12.1 Å². The number of ether oxygens (including phenoxy) is 2. The molecule has 3 heterocycles. The predicted molar refractivity (Wildman–Crippen MR) is 148 cm³/mol. The number of rotatable bonds is 11. The maximum Gasteiger partial charge on any atom is 0.246 e. The first-order valence-corrected chi connectivity index (χ1v) is 13.2. The summed E-state index contributed by atoms with van der Waals surface area (Å²) in [5.41, 5.74) is 1.68. The standard InChI is InChI=1S/C28H32FN7O4/c1-39-25-12-23-24(13-26(25)40-10-4-9-35-8-3-7-22(37)16-35)30-18-31-28(23)34-21-14-32-36(15-21)17-27(38)33-20-6-2-5-19(29)11-20/h2,5-6,11-15,18,22,37H,3-4,7-10,16-17H2,1H3,(H,33,38)(H,30,31,34). The van der Waals surface area contributed by atoms with Crippen molar-refractivity contribution in [2.45, 2.75) is 31.9 Å². The molecule has 5 rings (SSSR count). The summed E-state index contributed by atoms with van der Waals surface area (Å²) in [4.78, 5) is 23.4. The first-order chi connectivity index (χ1) is 19.5. The minimum atomic E-state index is -0.426. The van der Waals surface area contributed by atoms with Gasteiger partial charge in [0.05, 0.1) is 37.2 Å². The molecule has 0 bridgehead atoms. The third-order valence-corrected chi connectivity index (χ3v) is 6.59. The summed E-state index contributed by atoms with van der Waals surface area (Å²) in [7, 11) is 1.58. The van der Waals surface area contributed by atoms with E-state index < -0.39 is 5.82 Å². The number of amides is 1. The molecule has 3 N–H and O–H groups in total. The summed E-state index contributed by atoms with van der Waals surface area (Å²) >= 11 is 0. The van der Waals surface area contributed by atoms with Gasteiger partial charge in [-0.1, -0.05) is 6.07 Å². The molecule has 12 heteroatoms. The quantitative estimate of drug-likeness (QED) is 0.241. The fourth-order valence-corrected chi connectivity index (χ4v) is 4.71. The average Bonchev–Trinajstić information content (AvgIpc) is 3.37. The molecule has 0 aliphatic carbocycles. The summed E-state index contributed by atoms with van der Waals surface area (Å²) in [6, 6.07) is 9.35. The van der Waals surface area contributed by atoms with Crippen LogP contribution in [0.2, 0.25) is 0 Å². The zero-order valence-corrected chi connectivity index (χ0v) is 22.2. The van der Waals surface area contributed by atoms with Crippen molar-refractivity contribution in [2.24, 2.45) is 0 Å². The van der Waals surface area contributed by atoms with Crippen LogP contribution in [0, 0.1) is 5.82 Å². The van der Waals surface area contributed by atoms with Gasteiger partial charge in [0, 0.05) is 36.4 Å². The van der Waals surface area contributed by atoms with Gasteiger partial charge in [-0.2, -0.15) is 5.10 Å². The number of hydrogen-bond donors (Lipinski definition) is 3. The van der Waals surface area contributed by atoms with Crippen molar-refractivity contribution in [3.63, 3.8) is 0 Å². The van der Waals surface area contributed by atoms with Crippen molar-refractivity contribution < 1.29 is 23.8 Å². The van der Waals surface area contributed by atoms with Crippen LogP contribution in [-0.2, 0) is 11.3 Å². The van der Waals surface area contributed by atoms with Gasteiger partial charge in [-0.3, -0.25) is 9.48 Å². The number of fused-ring (bicyclic) bond motifs is 1. The van der Waals surface area contributed by atoms with E-state index in [-0.39, 0.29) is 18.6 Å². The Bertz CT molecular complexity index is 1460. The van der Waals surface area contributed by atoms with Crippen LogP contribution in [0.4, 0.5) is 21.6 Å². The van der Waals surface area contributed by atoms with Gasteiger partial charge in [0.25, 0.3) is 0 Å². The lowest BCUT2D eigenvalue weighted by atomic mass is 10.1. The number of carbonyl (C=O) groups is 1. The van der Waals surface area contributed by atoms with Gasteiger partial charge in [0.15, 0.2) is 11.5 Å². The molecular weight excluding hydrogens is 517 g/mol. The second-order valence-electron chi connectivity index (χ2n) is 9.65. The summed E-state index contributed by atoms with van der Waals surface area (Å²) < 4.78 is 26.5. The molecule has 0 saturated carbocycles. The van der Waals surface area contributed by atoms with Crippen molar-refractivity contribution in [2.75, 3.05) is 44.0 Å². The zero-order valence-electron chi connectivity index (χ0n) is 22.2. The first-order valence-electron chi connectivity index (χ1n) is 13.2. The molecule has 1 atom stereocenters. The third kappa shape index (κ3) is 7.01. The lowest BCUT2D eigenvalue weighted by Crippen LogP contribution is -2.39. The van der Waals surface area contributed by atoms with Crippen LogP contribution in [0.25, 0.3) is 10.9 Å². The average molecular weight is 550 g/mol. The number of benzene rings is 2. The number of nitrogens with one attached hydrogen (secondary N) is 2. The number of hydrogen-bond acceptors (Lipinski definition) is 9. The van der Waals surface area contributed by atoms with Crippen molar-refractivity contribution in [3.8, 4) is 11.5 Å². The smallest absolute Gasteiger partial charge is 0.246 e. The number of carbonyl (C=O) groups excluding carboxylic acids is 1. The van der Waals surface area contributed by atoms with Crippen LogP contribution >= 0.6 is 0 Å². The number of nitrogens with zero attached hydrogens (tertiary/aromatic N) is 5. The van der Waals surface area contributed by atoms with E-state index in [4.69, 9.17) is 9.47 Å². The molecule has 1 amide bonds. The molecule has 0 radical (unpaired) electrons. The normalized spacial score (nSPS) is 15.6. The van der Waals surface area contributed by atoms with E-state index in [1.165, 1.54) is 29.2 Å². The van der Waals surface area contributed by atoms with E-state index in [9.17, 15) is 14.3 Å². The van der Waals surface area contributed by atoms with Gasteiger partial charge < -0.3 is 30.1 Å². The van der Waals surface area contributed by atoms with Gasteiger partial charge in [-0.15, -0.1) is 0 Å². The van der Waals surface area contributed by atoms with Crippen LogP contribution in [0.3, 0.4) is 0 Å². The Balaban J connectivity index is 1.21. The molecule has 210 valence electrons. The van der Waals surface area contributed by atoms with Crippen molar-refractivity contribution in [3.05, 3.63) is 60.9 Å². The lowest BCUT2D eigenvalue weighted by Gasteiger charge is -2.29. The second-order valence-corrected chi connectivity index (χ2v) is 9.65. The van der Waals surface area contributed by atoms with Crippen LogP contribution < -0.4 is 20.1 Å². The maximum atomic E-state index is 13.4. The number of methoxy groups -OCH3 is 1. The first kappa shape index (κ1) is 27.3. The van der Waals surface area contributed by atoms with Crippen LogP contribution in [0.5, 0.6) is 11.5 Å². The predicted octanol–water partition coefficient (Wildman–Crippen LogP) is 3.58. The van der Waals surface area contributed by atoms with Crippen LogP contribution in [0.15, 0.2) is 55.1 Å². The number of likely N-dealkylation sites (tertiary alicyclic amines) is 1. The molecule has 0 spiro atoms. The zero-order chi connectivity index (χ0) is 27.9. The molecule has 1 unspecified atom stereocenters. The molecule has 40 heavy (non-hydrogen) atoms. The monoisotopic (exact) mass is 549 g/mol. The number of halogens is 1. The Morgan fingerprint density at radius 1 is 1.20 bits per heavy atom. The highest BCUT2D eigenvalue weighted by molar-refractivity contribution is 5.93. The number of aromatic nitrogens is 4. The number of aliphatic hydroxyl groups is 1. The van der Waals surface area contributed by atoms with Gasteiger partial charge >= 0.3 is 0 Å². The molecule has 1 saturated heterocycles. The minimum Gasteiger partial charge on any atom is -0.493 e. The van der Waals surface area contributed by atoms with E-state index in [0.717, 1.165) is 37.7 Å². The fourth-order valence-electron chi connectivity index (χ4n) is 4.71. The van der Waals surface area contributed by atoms with E-state index in [2.05, 4.69) is 30.6 Å². The Labute approximate surface area is 230 Å². The molecule has 1 fully saturated rings. The Kier molecular flexibility index (Phi) is 8.67. The molecule has 1 aliphatic heterocycles. The molecular formula is C28H32FN7O4. The van der Waals surface area contributed by atoms with Crippen molar-refractivity contribution in [1.82, 2.24) is 24.6 Å². The summed E-state index contributed by atoms with van der Waals surface area (Å²) in [5, 5.41) is 20.7. The molecule has 1 aliphatic rings. The van der Waals surface area contributed by atoms with E-state index in [1.54, 1.807) is 25.6 Å². The highest BCUT2D eigenvalue weighted by atomic mass is 19.1. The third-order valence-electron chi connectivity index (χ3n) is 6.59. The molecule has 11 nitrogen and oxygen atoms in total.